The van der Waals surface area contributed by atoms with Crippen molar-refractivity contribution in [3.05, 3.63) is 30.3 Å². The molecule has 1 heterocycles. The van der Waals surface area contributed by atoms with Crippen molar-refractivity contribution in [2.45, 2.75) is 31.6 Å². The van der Waals surface area contributed by atoms with Crippen LogP contribution in [0.1, 0.15) is 26.7 Å². The topological polar surface area (TPSA) is 76.3 Å². The van der Waals surface area contributed by atoms with E-state index in [1.54, 1.807) is 34.6 Å². The SMILES string of the molecule is CCCN(CCC)S(=O)(=O)c1ccc2nc(N)ccc2c1. The summed E-state index contributed by atoms with van der Waals surface area (Å²) in [7, 11) is -3.45. The minimum Gasteiger partial charge on any atom is -0.384 e. The summed E-state index contributed by atoms with van der Waals surface area (Å²) in [6.07, 6.45) is 1.59. The zero-order valence-corrected chi connectivity index (χ0v) is 13.2. The Kier molecular flexibility index (Phi) is 4.80. The number of rotatable bonds is 6. The molecule has 0 unspecified atom stereocenters. The third-order valence-electron chi connectivity index (χ3n) is 3.27. The molecular weight excluding hydrogens is 286 g/mol. The lowest BCUT2D eigenvalue weighted by Crippen LogP contribution is -2.32. The number of aromatic nitrogens is 1. The van der Waals surface area contributed by atoms with Gasteiger partial charge in [0.15, 0.2) is 0 Å². The summed E-state index contributed by atoms with van der Waals surface area (Å²) in [5, 5.41) is 0.776. The fourth-order valence-electron chi connectivity index (χ4n) is 2.28. The van der Waals surface area contributed by atoms with E-state index >= 15 is 0 Å². The number of nitrogen functional groups attached to an aromatic ring is 1. The smallest absolute Gasteiger partial charge is 0.243 e. The Morgan fingerprint density at radius 1 is 1.10 bits per heavy atom. The Balaban J connectivity index is 2.45. The van der Waals surface area contributed by atoms with Gasteiger partial charge < -0.3 is 5.73 Å². The minimum atomic E-state index is -3.45. The van der Waals surface area contributed by atoms with Gasteiger partial charge in [0.05, 0.1) is 10.4 Å². The van der Waals surface area contributed by atoms with Gasteiger partial charge in [0, 0.05) is 18.5 Å². The van der Waals surface area contributed by atoms with Crippen molar-refractivity contribution in [3.63, 3.8) is 0 Å². The van der Waals surface area contributed by atoms with E-state index in [4.69, 9.17) is 5.73 Å². The van der Waals surface area contributed by atoms with E-state index in [1.165, 1.54) is 0 Å². The van der Waals surface area contributed by atoms with Crippen molar-refractivity contribution in [2.24, 2.45) is 0 Å². The fourth-order valence-corrected chi connectivity index (χ4v) is 3.94. The van der Waals surface area contributed by atoms with Crippen molar-refractivity contribution >= 4 is 26.7 Å². The standard InChI is InChI=1S/C15H21N3O2S/c1-3-9-18(10-4-2)21(19,20)13-6-7-14-12(11-13)5-8-15(16)17-14/h5-8,11H,3-4,9-10H2,1-2H3,(H2,16,17). The highest BCUT2D eigenvalue weighted by atomic mass is 32.2. The van der Waals surface area contributed by atoms with Crippen molar-refractivity contribution in [1.82, 2.24) is 9.29 Å². The monoisotopic (exact) mass is 307 g/mol. The van der Waals surface area contributed by atoms with Crippen LogP contribution in [-0.2, 0) is 10.0 Å². The summed E-state index contributed by atoms with van der Waals surface area (Å²) >= 11 is 0. The number of pyridine rings is 1. The Morgan fingerprint density at radius 3 is 2.38 bits per heavy atom. The normalized spacial score (nSPS) is 12.1. The zero-order valence-electron chi connectivity index (χ0n) is 12.4. The van der Waals surface area contributed by atoms with Crippen LogP contribution in [-0.4, -0.2) is 30.8 Å². The van der Waals surface area contributed by atoms with Gasteiger partial charge in [0.2, 0.25) is 10.0 Å². The van der Waals surface area contributed by atoms with Crippen LogP contribution in [0.15, 0.2) is 35.2 Å². The Labute approximate surface area is 125 Å². The average Bonchev–Trinajstić information content (AvgIpc) is 2.46. The van der Waals surface area contributed by atoms with Crippen LogP contribution in [0.5, 0.6) is 0 Å². The fraction of sp³-hybridized carbons (Fsp3) is 0.400. The van der Waals surface area contributed by atoms with Gasteiger partial charge in [-0.3, -0.25) is 0 Å². The molecule has 0 aliphatic rings. The number of sulfonamides is 1. The quantitative estimate of drug-likeness (QED) is 0.890. The molecule has 2 N–H and O–H groups in total. The predicted octanol–water partition coefficient (Wildman–Crippen LogP) is 2.63. The number of hydrogen-bond acceptors (Lipinski definition) is 4. The largest absolute Gasteiger partial charge is 0.384 e. The van der Waals surface area contributed by atoms with E-state index in [0.29, 0.717) is 29.3 Å². The number of nitrogens with two attached hydrogens (primary N) is 1. The summed E-state index contributed by atoms with van der Waals surface area (Å²) in [4.78, 5) is 4.49. The molecule has 0 aliphatic heterocycles. The maximum Gasteiger partial charge on any atom is 0.243 e. The van der Waals surface area contributed by atoms with E-state index in [1.807, 2.05) is 13.8 Å². The van der Waals surface area contributed by atoms with Gasteiger partial charge in [-0.15, -0.1) is 0 Å². The molecule has 114 valence electrons. The van der Waals surface area contributed by atoms with Gasteiger partial charge in [0.25, 0.3) is 0 Å². The molecule has 0 saturated heterocycles. The van der Waals surface area contributed by atoms with Crippen molar-refractivity contribution in [1.29, 1.82) is 0 Å². The van der Waals surface area contributed by atoms with E-state index in [-0.39, 0.29) is 0 Å². The highest BCUT2D eigenvalue weighted by Crippen LogP contribution is 2.22. The van der Waals surface area contributed by atoms with E-state index in [2.05, 4.69) is 4.98 Å². The Hall–Kier alpha value is -1.66. The molecule has 1 aromatic carbocycles. The number of benzene rings is 1. The molecule has 0 spiro atoms. The summed E-state index contributed by atoms with van der Waals surface area (Å²) in [5.41, 5.74) is 6.34. The molecule has 0 amide bonds. The first-order chi connectivity index (χ1) is 9.98. The molecule has 1 aromatic heterocycles. The van der Waals surface area contributed by atoms with Gasteiger partial charge in [-0.05, 0) is 43.2 Å². The molecule has 0 fully saturated rings. The molecule has 21 heavy (non-hydrogen) atoms. The molecule has 2 aromatic rings. The first-order valence-electron chi connectivity index (χ1n) is 7.15. The summed E-state index contributed by atoms with van der Waals surface area (Å²) in [6, 6.07) is 8.43. The molecule has 0 saturated carbocycles. The van der Waals surface area contributed by atoms with Gasteiger partial charge in [0.1, 0.15) is 5.82 Å². The third-order valence-corrected chi connectivity index (χ3v) is 5.16. The predicted molar refractivity (Wildman–Crippen MR) is 85.5 cm³/mol. The van der Waals surface area contributed by atoms with Crippen LogP contribution in [0, 0.1) is 0 Å². The maximum absolute atomic E-state index is 12.7. The second-order valence-electron chi connectivity index (χ2n) is 4.99. The van der Waals surface area contributed by atoms with E-state index in [0.717, 1.165) is 18.2 Å². The molecule has 6 heteroatoms. The number of fused-ring (bicyclic) bond motifs is 1. The first-order valence-corrected chi connectivity index (χ1v) is 8.59. The van der Waals surface area contributed by atoms with Gasteiger partial charge in [-0.1, -0.05) is 13.8 Å². The zero-order chi connectivity index (χ0) is 15.5. The molecule has 5 nitrogen and oxygen atoms in total. The molecular formula is C15H21N3O2S. The second-order valence-corrected chi connectivity index (χ2v) is 6.93. The van der Waals surface area contributed by atoms with Crippen LogP contribution >= 0.6 is 0 Å². The van der Waals surface area contributed by atoms with Crippen molar-refractivity contribution < 1.29 is 8.42 Å². The van der Waals surface area contributed by atoms with Crippen LogP contribution in [0.3, 0.4) is 0 Å². The highest BCUT2D eigenvalue weighted by Gasteiger charge is 2.23. The molecule has 0 atom stereocenters. The third kappa shape index (κ3) is 3.33. The Morgan fingerprint density at radius 2 is 1.76 bits per heavy atom. The number of nitrogens with zero attached hydrogens (tertiary/aromatic N) is 2. The lowest BCUT2D eigenvalue weighted by molar-refractivity contribution is 0.410. The van der Waals surface area contributed by atoms with Crippen molar-refractivity contribution in [2.75, 3.05) is 18.8 Å². The summed E-state index contributed by atoms with van der Waals surface area (Å²) in [6.45, 7) is 5.03. The molecule has 0 aliphatic carbocycles. The molecule has 0 radical (unpaired) electrons. The maximum atomic E-state index is 12.7. The van der Waals surface area contributed by atoms with Crippen molar-refractivity contribution in [3.8, 4) is 0 Å². The molecule has 0 bridgehead atoms. The first kappa shape index (κ1) is 15.7. The van der Waals surface area contributed by atoms with Crippen LogP contribution < -0.4 is 5.73 Å². The number of hydrogen-bond donors (Lipinski definition) is 1. The minimum absolute atomic E-state index is 0.309. The van der Waals surface area contributed by atoms with Crippen LogP contribution in [0.25, 0.3) is 10.9 Å². The lowest BCUT2D eigenvalue weighted by Gasteiger charge is -2.21. The molecule has 2 rings (SSSR count). The van der Waals surface area contributed by atoms with Crippen LogP contribution in [0.4, 0.5) is 5.82 Å². The summed E-state index contributed by atoms with van der Waals surface area (Å²) in [5.74, 6) is 0.427. The van der Waals surface area contributed by atoms with E-state index < -0.39 is 10.0 Å². The van der Waals surface area contributed by atoms with Gasteiger partial charge >= 0.3 is 0 Å². The van der Waals surface area contributed by atoms with Crippen LogP contribution in [0.2, 0.25) is 0 Å². The summed E-state index contributed by atoms with van der Waals surface area (Å²) < 4.78 is 26.9. The Bertz CT molecular complexity index is 723. The average molecular weight is 307 g/mol. The number of anilines is 1. The second kappa shape index (κ2) is 6.41. The lowest BCUT2D eigenvalue weighted by atomic mass is 10.2. The highest BCUT2D eigenvalue weighted by molar-refractivity contribution is 7.89. The van der Waals surface area contributed by atoms with Gasteiger partial charge in [-0.25, -0.2) is 13.4 Å². The van der Waals surface area contributed by atoms with Gasteiger partial charge in [-0.2, -0.15) is 4.31 Å². The van der Waals surface area contributed by atoms with E-state index in [9.17, 15) is 8.42 Å².